The standard InChI is InChI=1S/C14H9Cl3N4O3/c15-8-10(18)9(16)12(17)20-11(8)13(22)21-19-5-6-3-1-2-4-7(6)14(23)24/h1-5H,(H2,18,20)(H,21,22)(H,23,24)/b19-5-. The average Bonchev–Trinajstić information content (AvgIpc) is 2.56. The first-order valence-corrected chi connectivity index (χ1v) is 7.42. The summed E-state index contributed by atoms with van der Waals surface area (Å²) in [5.41, 5.74) is 7.78. The molecule has 1 aromatic heterocycles. The van der Waals surface area contributed by atoms with Gasteiger partial charge < -0.3 is 10.8 Å². The summed E-state index contributed by atoms with van der Waals surface area (Å²) >= 11 is 17.4. The number of pyridine rings is 1. The van der Waals surface area contributed by atoms with E-state index in [1.807, 2.05) is 0 Å². The second-order valence-corrected chi connectivity index (χ2v) is 5.50. The van der Waals surface area contributed by atoms with Crippen LogP contribution in [0.4, 0.5) is 5.69 Å². The van der Waals surface area contributed by atoms with Crippen LogP contribution in [0.3, 0.4) is 0 Å². The van der Waals surface area contributed by atoms with Crippen LogP contribution in [0.25, 0.3) is 0 Å². The predicted octanol–water partition coefficient (Wildman–Crippen LogP) is 3.09. The van der Waals surface area contributed by atoms with Gasteiger partial charge in [0.2, 0.25) is 0 Å². The number of amides is 1. The molecule has 24 heavy (non-hydrogen) atoms. The molecule has 0 fully saturated rings. The molecule has 0 spiro atoms. The van der Waals surface area contributed by atoms with Crippen LogP contribution < -0.4 is 11.2 Å². The third kappa shape index (κ3) is 3.76. The Balaban J connectivity index is 2.22. The number of carbonyl (C=O) groups is 2. The number of hydrazone groups is 1. The summed E-state index contributed by atoms with van der Waals surface area (Å²) in [5, 5.41) is 12.3. The first-order chi connectivity index (χ1) is 11.3. The highest BCUT2D eigenvalue weighted by atomic mass is 35.5. The smallest absolute Gasteiger partial charge is 0.336 e. The third-order valence-corrected chi connectivity index (χ3v) is 3.98. The molecule has 0 atom stereocenters. The van der Waals surface area contributed by atoms with E-state index in [9.17, 15) is 9.59 Å². The van der Waals surface area contributed by atoms with Gasteiger partial charge in [-0.25, -0.2) is 15.2 Å². The second kappa shape index (κ2) is 7.48. The fourth-order valence-electron chi connectivity index (χ4n) is 1.70. The number of aromatic nitrogens is 1. The lowest BCUT2D eigenvalue weighted by Crippen LogP contribution is -2.20. The number of nitrogen functional groups attached to an aromatic ring is 1. The molecule has 0 saturated heterocycles. The molecule has 124 valence electrons. The summed E-state index contributed by atoms with van der Waals surface area (Å²) in [6.45, 7) is 0. The lowest BCUT2D eigenvalue weighted by molar-refractivity contribution is 0.0696. The fourth-order valence-corrected chi connectivity index (χ4v) is 2.29. The largest absolute Gasteiger partial charge is 0.478 e. The molecular formula is C14H9Cl3N4O3. The molecule has 2 rings (SSSR count). The zero-order valence-electron chi connectivity index (χ0n) is 11.8. The molecule has 0 aliphatic heterocycles. The maximum absolute atomic E-state index is 12.0. The third-order valence-electron chi connectivity index (χ3n) is 2.85. The number of nitrogens with one attached hydrogen (secondary N) is 1. The molecule has 0 saturated carbocycles. The molecule has 0 bridgehead atoms. The van der Waals surface area contributed by atoms with Gasteiger partial charge in [0.1, 0.15) is 5.02 Å². The number of hydrogen-bond acceptors (Lipinski definition) is 5. The van der Waals surface area contributed by atoms with Crippen molar-refractivity contribution in [3.63, 3.8) is 0 Å². The number of hydrogen-bond donors (Lipinski definition) is 3. The Kier molecular flexibility index (Phi) is 5.61. The summed E-state index contributed by atoms with van der Waals surface area (Å²) in [6.07, 6.45) is 1.18. The number of aromatic carboxylic acids is 1. The van der Waals surface area contributed by atoms with Crippen molar-refractivity contribution >= 4 is 58.6 Å². The van der Waals surface area contributed by atoms with Gasteiger partial charge in [-0.15, -0.1) is 0 Å². The number of anilines is 1. The lowest BCUT2D eigenvalue weighted by Gasteiger charge is -2.07. The zero-order valence-corrected chi connectivity index (χ0v) is 14.0. The van der Waals surface area contributed by atoms with Gasteiger partial charge in [0, 0.05) is 5.56 Å². The number of nitrogens with two attached hydrogens (primary N) is 1. The first-order valence-electron chi connectivity index (χ1n) is 6.28. The minimum absolute atomic E-state index is 0.0328. The number of halogens is 3. The highest BCUT2D eigenvalue weighted by Crippen LogP contribution is 2.34. The summed E-state index contributed by atoms with van der Waals surface area (Å²) in [4.78, 5) is 26.9. The van der Waals surface area contributed by atoms with Crippen molar-refractivity contribution in [2.45, 2.75) is 0 Å². The van der Waals surface area contributed by atoms with Crippen LogP contribution in [0.2, 0.25) is 15.2 Å². The maximum Gasteiger partial charge on any atom is 0.336 e. The van der Waals surface area contributed by atoms with Crippen LogP contribution in [-0.2, 0) is 0 Å². The molecule has 7 nitrogen and oxygen atoms in total. The number of carbonyl (C=O) groups excluding carboxylic acids is 1. The molecule has 0 aliphatic rings. The predicted molar refractivity (Wildman–Crippen MR) is 92.1 cm³/mol. The molecule has 4 N–H and O–H groups in total. The summed E-state index contributed by atoms with van der Waals surface area (Å²) in [5.74, 6) is -1.90. The second-order valence-electron chi connectivity index (χ2n) is 4.38. The van der Waals surface area contributed by atoms with Gasteiger partial charge >= 0.3 is 5.97 Å². The number of carboxylic acid groups (broad SMARTS) is 1. The van der Waals surface area contributed by atoms with Crippen molar-refractivity contribution in [2.24, 2.45) is 5.10 Å². The average molecular weight is 388 g/mol. The van der Waals surface area contributed by atoms with Gasteiger partial charge in [-0.05, 0) is 6.07 Å². The molecule has 10 heteroatoms. The van der Waals surface area contributed by atoms with Crippen LogP contribution >= 0.6 is 34.8 Å². The molecule has 0 unspecified atom stereocenters. The van der Waals surface area contributed by atoms with E-state index in [1.54, 1.807) is 12.1 Å². The van der Waals surface area contributed by atoms with Crippen molar-refractivity contribution in [1.82, 2.24) is 10.4 Å². The zero-order chi connectivity index (χ0) is 17.9. The van der Waals surface area contributed by atoms with Gasteiger partial charge in [0.05, 0.1) is 22.5 Å². The van der Waals surface area contributed by atoms with E-state index in [-0.39, 0.29) is 32.1 Å². The van der Waals surface area contributed by atoms with Crippen molar-refractivity contribution in [2.75, 3.05) is 5.73 Å². The maximum atomic E-state index is 12.0. The highest BCUT2D eigenvalue weighted by molar-refractivity contribution is 6.46. The van der Waals surface area contributed by atoms with E-state index >= 15 is 0 Å². The number of carboxylic acids is 1. The van der Waals surface area contributed by atoms with Crippen molar-refractivity contribution in [3.05, 3.63) is 56.3 Å². The van der Waals surface area contributed by atoms with Gasteiger partial charge in [0.25, 0.3) is 5.91 Å². The molecule has 1 amide bonds. The molecular weight excluding hydrogens is 379 g/mol. The fraction of sp³-hybridized carbons (Fsp3) is 0. The quantitative estimate of drug-likeness (QED) is 0.423. The van der Waals surface area contributed by atoms with Gasteiger partial charge in [0.15, 0.2) is 10.8 Å². The Hall–Kier alpha value is -2.35. The molecule has 2 aromatic rings. The Labute approximate surface area is 151 Å². The lowest BCUT2D eigenvalue weighted by atomic mass is 10.1. The number of rotatable bonds is 4. The van der Waals surface area contributed by atoms with Crippen molar-refractivity contribution < 1.29 is 14.7 Å². The Morgan fingerprint density at radius 2 is 1.88 bits per heavy atom. The number of nitrogens with zero attached hydrogens (tertiary/aromatic N) is 2. The van der Waals surface area contributed by atoms with Gasteiger partial charge in [-0.3, -0.25) is 4.79 Å². The van der Waals surface area contributed by atoms with Crippen LogP contribution in [0, 0.1) is 0 Å². The Bertz CT molecular complexity index is 855. The Morgan fingerprint density at radius 3 is 2.54 bits per heavy atom. The number of benzene rings is 1. The van der Waals surface area contributed by atoms with Crippen LogP contribution in [0.5, 0.6) is 0 Å². The molecule has 0 aliphatic carbocycles. The van der Waals surface area contributed by atoms with Crippen molar-refractivity contribution in [3.8, 4) is 0 Å². The van der Waals surface area contributed by atoms with E-state index in [1.165, 1.54) is 18.3 Å². The molecule has 1 heterocycles. The van der Waals surface area contributed by atoms with Crippen LogP contribution in [0.1, 0.15) is 26.4 Å². The summed E-state index contributed by atoms with van der Waals surface area (Å²) in [7, 11) is 0. The minimum Gasteiger partial charge on any atom is -0.478 e. The van der Waals surface area contributed by atoms with E-state index < -0.39 is 11.9 Å². The minimum atomic E-state index is -1.12. The van der Waals surface area contributed by atoms with Crippen LogP contribution in [0.15, 0.2) is 29.4 Å². The summed E-state index contributed by atoms with van der Waals surface area (Å²) in [6, 6.07) is 6.14. The van der Waals surface area contributed by atoms with E-state index in [4.69, 9.17) is 45.6 Å². The summed E-state index contributed by atoms with van der Waals surface area (Å²) < 4.78 is 0. The normalized spacial score (nSPS) is 10.8. The SMILES string of the molecule is Nc1c(Cl)c(Cl)nc(C(=O)N/N=C\c2ccccc2C(=O)O)c1Cl. The van der Waals surface area contributed by atoms with Crippen LogP contribution in [-0.4, -0.2) is 28.2 Å². The van der Waals surface area contributed by atoms with E-state index in [2.05, 4.69) is 15.5 Å². The van der Waals surface area contributed by atoms with E-state index in [0.717, 1.165) is 0 Å². The highest BCUT2D eigenvalue weighted by Gasteiger charge is 2.19. The molecule has 0 radical (unpaired) electrons. The molecule has 1 aromatic carbocycles. The monoisotopic (exact) mass is 386 g/mol. The van der Waals surface area contributed by atoms with E-state index in [0.29, 0.717) is 5.56 Å². The van der Waals surface area contributed by atoms with Gasteiger partial charge in [-0.2, -0.15) is 5.10 Å². The Morgan fingerprint density at radius 1 is 1.21 bits per heavy atom. The topological polar surface area (TPSA) is 118 Å². The first kappa shape index (κ1) is 18.0. The van der Waals surface area contributed by atoms with Gasteiger partial charge in [-0.1, -0.05) is 53.0 Å². The van der Waals surface area contributed by atoms with Crippen molar-refractivity contribution in [1.29, 1.82) is 0 Å².